The van der Waals surface area contributed by atoms with Gasteiger partial charge in [-0.1, -0.05) is 25.4 Å². The van der Waals surface area contributed by atoms with E-state index in [0.29, 0.717) is 0 Å². The van der Waals surface area contributed by atoms with Crippen LogP contribution in [-0.4, -0.2) is 53.9 Å². The minimum atomic E-state index is -2.32. The highest BCUT2D eigenvalue weighted by Gasteiger charge is 2.54. The quantitative estimate of drug-likeness (QED) is 0.258. The highest BCUT2D eigenvalue weighted by Crippen LogP contribution is 2.34. The number of halogens is 1. The molecule has 1 aromatic heterocycles. The lowest BCUT2D eigenvalue weighted by Gasteiger charge is -2.32. The van der Waals surface area contributed by atoms with Gasteiger partial charge in [0.05, 0.1) is 11.6 Å². The van der Waals surface area contributed by atoms with Gasteiger partial charge in [0, 0.05) is 31.0 Å². The van der Waals surface area contributed by atoms with Crippen molar-refractivity contribution >= 4 is 35.1 Å². The topological polar surface area (TPSA) is 109 Å². The summed E-state index contributed by atoms with van der Waals surface area (Å²) in [6.07, 6.45) is 1.75. The third kappa shape index (κ3) is 7.98. The Hall–Kier alpha value is -2.32. The van der Waals surface area contributed by atoms with Gasteiger partial charge < -0.3 is 14.2 Å². The van der Waals surface area contributed by atoms with Gasteiger partial charge >= 0.3 is 11.9 Å². The Kier molecular flexibility index (Phi) is 10.4. The fourth-order valence-corrected chi connectivity index (χ4v) is 3.04. The van der Waals surface area contributed by atoms with Crippen LogP contribution in [0.25, 0.3) is 0 Å². The minimum absolute atomic E-state index is 0.0515. The standard InChI is InChI=1S/C23H32ClNO7/c1-7-31-19(27)8-9-23(21(29)32-22(4,5)6,18(26)14-30-13-15(2)3)20(28)16-10-17(24)12-25-11-16/h10-12,15H,7-9,13-14H2,1-6H3. The molecule has 0 aliphatic carbocycles. The molecule has 1 atom stereocenters. The summed E-state index contributed by atoms with van der Waals surface area (Å²) in [6.45, 7) is 10.2. The first kappa shape index (κ1) is 27.7. The number of rotatable bonds is 12. The van der Waals surface area contributed by atoms with E-state index in [2.05, 4.69) is 4.98 Å². The van der Waals surface area contributed by atoms with Crippen molar-refractivity contribution in [1.29, 1.82) is 0 Å². The van der Waals surface area contributed by atoms with Gasteiger partial charge in [-0.25, -0.2) is 0 Å². The van der Waals surface area contributed by atoms with Crippen molar-refractivity contribution < 1.29 is 33.4 Å². The van der Waals surface area contributed by atoms with E-state index in [1.165, 1.54) is 18.5 Å². The zero-order valence-corrected chi connectivity index (χ0v) is 20.3. The van der Waals surface area contributed by atoms with Gasteiger partial charge in [0.1, 0.15) is 12.2 Å². The summed E-state index contributed by atoms with van der Waals surface area (Å²) in [7, 11) is 0. The highest BCUT2D eigenvalue weighted by atomic mass is 35.5. The molecule has 1 heterocycles. The zero-order valence-electron chi connectivity index (χ0n) is 19.5. The third-order valence-electron chi connectivity index (χ3n) is 4.27. The summed E-state index contributed by atoms with van der Waals surface area (Å²) in [6, 6.07) is 1.31. The lowest BCUT2D eigenvalue weighted by molar-refractivity contribution is -0.168. The van der Waals surface area contributed by atoms with Crippen molar-refractivity contribution in [1.82, 2.24) is 4.98 Å². The molecule has 1 rings (SSSR count). The van der Waals surface area contributed by atoms with E-state index in [1.807, 2.05) is 13.8 Å². The van der Waals surface area contributed by atoms with E-state index >= 15 is 0 Å². The Balaban J connectivity index is 3.51. The van der Waals surface area contributed by atoms with Crippen LogP contribution in [0.1, 0.15) is 64.7 Å². The van der Waals surface area contributed by atoms with Crippen LogP contribution < -0.4 is 0 Å². The van der Waals surface area contributed by atoms with Crippen molar-refractivity contribution in [3.8, 4) is 0 Å². The lowest BCUT2D eigenvalue weighted by Crippen LogP contribution is -2.51. The summed E-state index contributed by atoms with van der Waals surface area (Å²) in [4.78, 5) is 56.3. The van der Waals surface area contributed by atoms with Crippen LogP contribution in [0.15, 0.2) is 18.5 Å². The van der Waals surface area contributed by atoms with Crippen molar-refractivity contribution in [3.63, 3.8) is 0 Å². The van der Waals surface area contributed by atoms with E-state index in [-0.39, 0.29) is 36.1 Å². The molecule has 178 valence electrons. The van der Waals surface area contributed by atoms with Gasteiger partial charge in [0.25, 0.3) is 0 Å². The first-order valence-corrected chi connectivity index (χ1v) is 10.9. The Morgan fingerprint density at radius 3 is 2.31 bits per heavy atom. The first-order chi connectivity index (χ1) is 14.8. The van der Waals surface area contributed by atoms with Crippen LogP contribution in [0, 0.1) is 11.3 Å². The highest BCUT2D eigenvalue weighted by molar-refractivity contribution is 6.32. The molecule has 1 aromatic rings. The van der Waals surface area contributed by atoms with E-state index in [4.69, 9.17) is 25.8 Å². The molecular formula is C23H32ClNO7. The Morgan fingerprint density at radius 1 is 1.12 bits per heavy atom. The Morgan fingerprint density at radius 2 is 1.78 bits per heavy atom. The number of ether oxygens (including phenoxy) is 3. The second-order valence-electron chi connectivity index (χ2n) is 8.77. The molecule has 0 saturated heterocycles. The van der Waals surface area contributed by atoms with Crippen LogP contribution in [0.3, 0.4) is 0 Å². The summed E-state index contributed by atoms with van der Waals surface area (Å²) in [5.74, 6) is -3.23. The van der Waals surface area contributed by atoms with Gasteiger partial charge in [0.15, 0.2) is 17.0 Å². The first-order valence-electron chi connectivity index (χ1n) is 10.5. The molecule has 9 heteroatoms. The van der Waals surface area contributed by atoms with Gasteiger partial charge in [-0.3, -0.25) is 24.2 Å². The van der Waals surface area contributed by atoms with Gasteiger partial charge in [-0.2, -0.15) is 0 Å². The summed E-state index contributed by atoms with van der Waals surface area (Å²) < 4.78 is 15.9. The molecule has 0 aromatic carbocycles. The predicted molar refractivity (Wildman–Crippen MR) is 118 cm³/mol. The normalized spacial score (nSPS) is 13.4. The number of esters is 2. The van der Waals surface area contributed by atoms with Crippen molar-refractivity contribution in [3.05, 3.63) is 29.0 Å². The number of hydrogen-bond donors (Lipinski definition) is 0. The number of nitrogens with zero attached hydrogens (tertiary/aromatic N) is 1. The van der Waals surface area contributed by atoms with Crippen LogP contribution in [-0.2, 0) is 28.6 Å². The number of Topliss-reactive ketones (excluding diaryl/α,β-unsaturated/α-hetero) is 2. The number of carbonyl (C=O) groups is 4. The largest absolute Gasteiger partial charge is 0.466 e. The fraction of sp³-hybridized carbons (Fsp3) is 0.609. The third-order valence-corrected chi connectivity index (χ3v) is 4.48. The van der Waals surface area contributed by atoms with Crippen LogP contribution in [0.4, 0.5) is 0 Å². The Bertz CT molecular complexity index is 832. The number of aromatic nitrogens is 1. The molecule has 0 bridgehead atoms. The molecule has 8 nitrogen and oxygen atoms in total. The summed E-state index contributed by atoms with van der Waals surface area (Å²) >= 11 is 5.98. The minimum Gasteiger partial charge on any atom is -0.466 e. The van der Waals surface area contributed by atoms with E-state index in [1.54, 1.807) is 27.7 Å². The molecule has 32 heavy (non-hydrogen) atoms. The van der Waals surface area contributed by atoms with Crippen molar-refractivity contribution in [2.24, 2.45) is 11.3 Å². The summed E-state index contributed by atoms with van der Waals surface area (Å²) in [5.41, 5.74) is -3.36. The maximum atomic E-state index is 13.6. The average Bonchev–Trinajstić information content (AvgIpc) is 2.66. The molecule has 0 saturated carbocycles. The molecular weight excluding hydrogens is 438 g/mol. The Labute approximate surface area is 194 Å². The number of pyridine rings is 1. The summed E-state index contributed by atoms with van der Waals surface area (Å²) in [5, 5.41) is 0.155. The monoisotopic (exact) mass is 469 g/mol. The predicted octanol–water partition coefficient (Wildman–Crippen LogP) is 3.83. The van der Waals surface area contributed by atoms with E-state index in [0.717, 1.165) is 0 Å². The lowest BCUT2D eigenvalue weighted by atomic mass is 9.73. The second-order valence-corrected chi connectivity index (χ2v) is 9.20. The molecule has 1 unspecified atom stereocenters. The second kappa shape index (κ2) is 12.1. The molecule has 0 amide bonds. The van der Waals surface area contributed by atoms with Crippen molar-refractivity contribution in [2.75, 3.05) is 19.8 Å². The average molecular weight is 470 g/mol. The molecule has 0 aliphatic rings. The van der Waals surface area contributed by atoms with E-state index < -0.39 is 47.5 Å². The van der Waals surface area contributed by atoms with Crippen LogP contribution >= 0.6 is 11.6 Å². The maximum Gasteiger partial charge on any atom is 0.328 e. The molecule has 0 N–H and O–H groups in total. The molecule has 0 fully saturated rings. The number of carbonyl (C=O) groups excluding carboxylic acids is 4. The smallest absolute Gasteiger partial charge is 0.328 e. The molecule has 0 spiro atoms. The molecule has 0 aliphatic heterocycles. The van der Waals surface area contributed by atoms with Gasteiger partial charge in [0.2, 0.25) is 0 Å². The van der Waals surface area contributed by atoms with Gasteiger partial charge in [-0.05, 0) is 46.1 Å². The van der Waals surface area contributed by atoms with Crippen LogP contribution in [0.2, 0.25) is 5.02 Å². The number of ketones is 2. The maximum absolute atomic E-state index is 13.6. The van der Waals surface area contributed by atoms with E-state index in [9.17, 15) is 19.2 Å². The SMILES string of the molecule is CCOC(=O)CCC(C(=O)COCC(C)C)(C(=O)OC(C)(C)C)C(=O)c1cncc(Cl)c1. The van der Waals surface area contributed by atoms with Crippen molar-refractivity contribution in [2.45, 2.75) is 60.0 Å². The number of hydrogen-bond acceptors (Lipinski definition) is 8. The fourth-order valence-electron chi connectivity index (χ4n) is 2.87. The molecule has 0 radical (unpaired) electrons. The van der Waals surface area contributed by atoms with Gasteiger partial charge in [-0.15, -0.1) is 0 Å². The van der Waals surface area contributed by atoms with Crippen LogP contribution in [0.5, 0.6) is 0 Å². The zero-order chi connectivity index (χ0) is 24.5.